The highest BCUT2D eigenvalue weighted by molar-refractivity contribution is 6.62. The van der Waals surface area contributed by atoms with E-state index in [-0.39, 0.29) is 11.0 Å². The third-order valence-electron chi connectivity index (χ3n) is 4.52. The van der Waals surface area contributed by atoms with E-state index in [0.717, 1.165) is 19.1 Å². The van der Waals surface area contributed by atoms with Crippen LogP contribution in [0, 0.1) is 6.92 Å². The summed E-state index contributed by atoms with van der Waals surface area (Å²) in [6, 6.07) is 2.26. The van der Waals surface area contributed by atoms with E-state index < -0.39 is 41.6 Å². The molecule has 2 rings (SSSR count). The molecule has 126 valence electrons. The Bertz CT molecular complexity index is 637. The third-order valence-corrected chi connectivity index (χ3v) is 4.52. The van der Waals surface area contributed by atoms with Crippen molar-refractivity contribution in [2.24, 2.45) is 0 Å². The Morgan fingerprint density at radius 2 is 1.61 bits per heavy atom. The van der Waals surface area contributed by atoms with Gasteiger partial charge in [-0.2, -0.15) is 13.2 Å². The lowest BCUT2D eigenvalue weighted by Crippen LogP contribution is -2.41. The van der Waals surface area contributed by atoms with Crippen molar-refractivity contribution in [1.82, 2.24) is 0 Å². The second-order valence-corrected chi connectivity index (χ2v) is 6.59. The summed E-state index contributed by atoms with van der Waals surface area (Å²) < 4.78 is 51.8. The SMILES string of the molecule is Cc1c(C(=O)O)ccc(B2OC(C)(C)C(C)(C)O2)c1C(F)(F)F. The van der Waals surface area contributed by atoms with Crippen LogP contribution in [0.1, 0.15) is 49.2 Å². The van der Waals surface area contributed by atoms with Gasteiger partial charge >= 0.3 is 19.3 Å². The lowest BCUT2D eigenvalue weighted by atomic mass is 9.73. The molecule has 0 bridgehead atoms. The van der Waals surface area contributed by atoms with Gasteiger partial charge < -0.3 is 14.4 Å². The molecule has 1 aromatic carbocycles. The lowest BCUT2D eigenvalue weighted by molar-refractivity contribution is -0.137. The molecule has 0 radical (unpaired) electrons. The Morgan fingerprint density at radius 1 is 1.13 bits per heavy atom. The maximum absolute atomic E-state index is 13.5. The molecule has 1 aromatic rings. The van der Waals surface area contributed by atoms with Gasteiger partial charge in [0.15, 0.2) is 0 Å². The van der Waals surface area contributed by atoms with Gasteiger partial charge in [0.1, 0.15) is 0 Å². The third kappa shape index (κ3) is 2.97. The molecule has 1 aliphatic heterocycles. The zero-order valence-corrected chi connectivity index (χ0v) is 13.5. The topological polar surface area (TPSA) is 55.8 Å². The van der Waals surface area contributed by atoms with Gasteiger partial charge in [-0.25, -0.2) is 4.79 Å². The van der Waals surface area contributed by atoms with Crippen LogP contribution in [0.5, 0.6) is 0 Å². The highest BCUT2D eigenvalue weighted by Gasteiger charge is 2.54. The first kappa shape index (κ1) is 17.8. The van der Waals surface area contributed by atoms with Crippen LogP contribution in [0.2, 0.25) is 0 Å². The molecule has 0 aromatic heterocycles. The monoisotopic (exact) mass is 330 g/mol. The number of carboxylic acids is 1. The van der Waals surface area contributed by atoms with Crippen LogP contribution in [0.25, 0.3) is 0 Å². The number of rotatable bonds is 2. The molecule has 0 atom stereocenters. The van der Waals surface area contributed by atoms with Crippen molar-refractivity contribution in [1.29, 1.82) is 0 Å². The van der Waals surface area contributed by atoms with E-state index in [1.165, 1.54) is 0 Å². The Kier molecular flexibility index (Phi) is 4.06. The van der Waals surface area contributed by atoms with Crippen molar-refractivity contribution < 1.29 is 32.4 Å². The van der Waals surface area contributed by atoms with Crippen LogP contribution in [0.4, 0.5) is 13.2 Å². The molecule has 0 amide bonds. The summed E-state index contributed by atoms with van der Waals surface area (Å²) in [5, 5.41) is 9.05. The van der Waals surface area contributed by atoms with Gasteiger partial charge in [-0.1, -0.05) is 6.07 Å². The molecule has 1 saturated heterocycles. The Labute approximate surface area is 132 Å². The molecule has 0 aliphatic carbocycles. The van der Waals surface area contributed by atoms with Gasteiger partial charge in [-0.15, -0.1) is 0 Å². The second-order valence-electron chi connectivity index (χ2n) is 6.59. The summed E-state index contributed by atoms with van der Waals surface area (Å²) in [4.78, 5) is 11.1. The molecule has 4 nitrogen and oxygen atoms in total. The first-order valence-corrected chi connectivity index (χ1v) is 7.07. The Hall–Kier alpha value is -1.54. The fourth-order valence-electron chi connectivity index (χ4n) is 2.51. The number of halogens is 3. The van der Waals surface area contributed by atoms with E-state index >= 15 is 0 Å². The fourth-order valence-corrected chi connectivity index (χ4v) is 2.51. The zero-order chi connectivity index (χ0) is 17.8. The van der Waals surface area contributed by atoms with Crippen LogP contribution >= 0.6 is 0 Å². The summed E-state index contributed by atoms with van der Waals surface area (Å²) >= 11 is 0. The molecule has 0 spiro atoms. The van der Waals surface area contributed by atoms with E-state index in [2.05, 4.69) is 0 Å². The predicted octanol–water partition coefficient (Wildman–Crippen LogP) is 3.01. The van der Waals surface area contributed by atoms with Crippen molar-refractivity contribution in [2.75, 3.05) is 0 Å². The highest BCUT2D eigenvalue weighted by atomic mass is 19.4. The van der Waals surface area contributed by atoms with Gasteiger partial charge in [0.2, 0.25) is 0 Å². The second kappa shape index (κ2) is 5.24. The molecule has 1 aliphatic rings. The van der Waals surface area contributed by atoms with Crippen LogP contribution in [-0.2, 0) is 15.5 Å². The van der Waals surface area contributed by atoms with Crippen molar-refractivity contribution in [3.8, 4) is 0 Å². The standard InChI is InChI=1S/C15H18BF3O4/c1-8-9(12(20)21)6-7-10(11(8)15(17,18)19)16-22-13(2,3)14(4,5)23-16/h6-7H,1-5H3,(H,20,21). The van der Waals surface area contributed by atoms with Crippen molar-refractivity contribution in [3.05, 3.63) is 28.8 Å². The van der Waals surface area contributed by atoms with E-state index in [1.807, 2.05) is 0 Å². The van der Waals surface area contributed by atoms with Crippen LogP contribution in [-0.4, -0.2) is 29.4 Å². The quantitative estimate of drug-likeness (QED) is 0.847. The summed E-state index contributed by atoms with van der Waals surface area (Å²) in [6.45, 7) is 8.08. The van der Waals surface area contributed by atoms with E-state index in [4.69, 9.17) is 14.4 Å². The maximum atomic E-state index is 13.5. The van der Waals surface area contributed by atoms with E-state index in [1.54, 1.807) is 27.7 Å². The largest absolute Gasteiger partial charge is 0.495 e. The van der Waals surface area contributed by atoms with Crippen molar-refractivity contribution >= 4 is 18.6 Å². The van der Waals surface area contributed by atoms with Crippen LogP contribution in [0.3, 0.4) is 0 Å². The number of hydrogen-bond donors (Lipinski definition) is 1. The Morgan fingerprint density at radius 3 is 2.00 bits per heavy atom. The molecule has 1 N–H and O–H groups in total. The number of aromatic carboxylic acids is 1. The van der Waals surface area contributed by atoms with Crippen LogP contribution in [0.15, 0.2) is 12.1 Å². The summed E-state index contributed by atoms with van der Waals surface area (Å²) in [5.74, 6) is -1.41. The molecule has 8 heteroatoms. The number of hydrogen-bond acceptors (Lipinski definition) is 3. The predicted molar refractivity (Wildman–Crippen MR) is 78.9 cm³/mol. The van der Waals surface area contributed by atoms with Gasteiger partial charge in [-0.05, 0) is 51.7 Å². The average molecular weight is 330 g/mol. The van der Waals surface area contributed by atoms with Gasteiger partial charge in [0, 0.05) is 0 Å². The normalized spacial score (nSPS) is 19.9. The molecular weight excluding hydrogens is 312 g/mol. The number of carboxylic acid groups (broad SMARTS) is 1. The van der Waals surface area contributed by atoms with E-state index in [0.29, 0.717) is 0 Å². The molecule has 0 unspecified atom stereocenters. The molecular formula is C15H18BF3O4. The molecule has 1 heterocycles. The zero-order valence-electron chi connectivity index (χ0n) is 13.5. The van der Waals surface area contributed by atoms with Crippen molar-refractivity contribution in [2.45, 2.75) is 52.0 Å². The number of alkyl halides is 3. The number of benzene rings is 1. The minimum atomic E-state index is -4.71. The highest BCUT2D eigenvalue weighted by Crippen LogP contribution is 2.39. The summed E-state index contributed by atoms with van der Waals surface area (Å²) in [5.41, 5.74) is -3.55. The van der Waals surface area contributed by atoms with Crippen molar-refractivity contribution in [3.63, 3.8) is 0 Å². The minimum Gasteiger partial charge on any atom is -0.478 e. The molecule has 23 heavy (non-hydrogen) atoms. The summed E-state index contributed by atoms with van der Waals surface area (Å²) in [6.07, 6.45) is -4.71. The molecule has 0 saturated carbocycles. The first-order chi connectivity index (χ1) is 10.3. The Balaban J connectivity index is 2.61. The fraction of sp³-hybridized carbons (Fsp3) is 0.533. The number of carbonyl (C=O) groups is 1. The minimum absolute atomic E-state index is 0.210. The van der Waals surface area contributed by atoms with Gasteiger partial charge in [-0.3, -0.25) is 0 Å². The average Bonchev–Trinajstić information content (AvgIpc) is 2.55. The summed E-state index contributed by atoms with van der Waals surface area (Å²) in [7, 11) is -1.21. The smallest absolute Gasteiger partial charge is 0.478 e. The maximum Gasteiger partial charge on any atom is 0.495 e. The first-order valence-electron chi connectivity index (χ1n) is 7.07. The van der Waals surface area contributed by atoms with E-state index in [9.17, 15) is 18.0 Å². The van der Waals surface area contributed by atoms with Crippen LogP contribution < -0.4 is 5.46 Å². The lowest BCUT2D eigenvalue weighted by Gasteiger charge is -2.32. The molecule has 1 fully saturated rings. The van der Waals surface area contributed by atoms with Gasteiger partial charge in [0.05, 0.1) is 22.3 Å². The van der Waals surface area contributed by atoms with Gasteiger partial charge in [0.25, 0.3) is 0 Å².